The van der Waals surface area contributed by atoms with E-state index in [0.717, 1.165) is 47.5 Å². The first-order chi connectivity index (χ1) is 15.5. The number of carbonyl (C=O) groups is 3. The molecule has 0 spiro atoms. The molecule has 5 rings (SSSR count). The number of nitrogens with zero attached hydrogens (tertiary/aromatic N) is 1. The molecule has 1 N–H and O–H groups in total. The normalized spacial score (nSPS) is 22.5. The van der Waals surface area contributed by atoms with Crippen LogP contribution in [0.15, 0.2) is 52.3 Å². The van der Waals surface area contributed by atoms with Gasteiger partial charge in [-0.25, -0.2) is 0 Å². The number of fused-ring (bicyclic) bond motifs is 3. The Labute approximate surface area is 191 Å². The van der Waals surface area contributed by atoms with Crippen molar-refractivity contribution in [1.82, 2.24) is 4.90 Å². The van der Waals surface area contributed by atoms with Crippen LogP contribution in [0.4, 0.5) is 11.4 Å². The number of benzene rings is 2. The summed E-state index contributed by atoms with van der Waals surface area (Å²) in [5.74, 6) is -0.995. The van der Waals surface area contributed by atoms with Crippen LogP contribution in [0, 0.1) is 11.8 Å². The van der Waals surface area contributed by atoms with Crippen LogP contribution in [0.3, 0.4) is 0 Å². The van der Waals surface area contributed by atoms with Gasteiger partial charge in [0, 0.05) is 16.3 Å². The van der Waals surface area contributed by atoms with Crippen LogP contribution >= 0.6 is 11.8 Å². The highest BCUT2D eigenvalue weighted by molar-refractivity contribution is 7.99. The average molecular weight is 451 g/mol. The standard InChI is InChI=1S/C25H26N2O4S/c1-15(16-10-11-22-20(14-16)26-19-8-4-5-9-21(19)32-22)31-23(28)12-13-27-24(29)17-6-2-3-7-18(17)25(27)30/h4-5,8-11,14-15,17-18,26H,2-3,6-7,12-13H2,1H3/t15-,17-,18+/m0/s1. The molecule has 1 saturated carbocycles. The van der Waals surface area contributed by atoms with E-state index in [4.69, 9.17) is 4.74 Å². The molecular weight excluding hydrogens is 424 g/mol. The Morgan fingerprint density at radius 3 is 2.50 bits per heavy atom. The second-order valence-electron chi connectivity index (χ2n) is 8.69. The molecule has 1 saturated heterocycles. The molecule has 2 aromatic rings. The molecule has 2 aliphatic heterocycles. The van der Waals surface area contributed by atoms with Gasteiger partial charge in [0.2, 0.25) is 11.8 Å². The van der Waals surface area contributed by atoms with Crippen molar-refractivity contribution in [1.29, 1.82) is 0 Å². The third kappa shape index (κ3) is 3.90. The molecule has 0 radical (unpaired) electrons. The summed E-state index contributed by atoms with van der Waals surface area (Å²) in [4.78, 5) is 41.2. The van der Waals surface area contributed by atoms with Crippen molar-refractivity contribution in [3.05, 3.63) is 48.0 Å². The molecule has 3 aliphatic rings. The fourth-order valence-electron chi connectivity index (χ4n) is 4.89. The number of para-hydroxylation sites is 1. The molecule has 2 fully saturated rings. The number of ether oxygens (including phenoxy) is 1. The van der Waals surface area contributed by atoms with E-state index in [2.05, 4.69) is 11.4 Å². The Kier molecular flexibility index (Phi) is 5.67. The first-order valence-electron chi connectivity index (χ1n) is 11.2. The molecule has 166 valence electrons. The molecule has 0 aromatic heterocycles. The minimum Gasteiger partial charge on any atom is -0.458 e. The second-order valence-corrected chi connectivity index (χ2v) is 9.77. The summed E-state index contributed by atoms with van der Waals surface area (Å²) in [6.07, 6.45) is 3.14. The van der Waals surface area contributed by atoms with Gasteiger partial charge in [-0.1, -0.05) is 42.8 Å². The molecule has 7 heteroatoms. The number of carbonyl (C=O) groups excluding carboxylic acids is 3. The maximum Gasteiger partial charge on any atom is 0.308 e. The van der Waals surface area contributed by atoms with Crippen molar-refractivity contribution in [2.75, 3.05) is 11.9 Å². The van der Waals surface area contributed by atoms with Crippen molar-refractivity contribution in [2.45, 2.75) is 54.9 Å². The van der Waals surface area contributed by atoms with Crippen LogP contribution in [0.25, 0.3) is 0 Å². The van der Waals surface area contributed by atoms with Gasteiger partial charge in [0.25, 0.3) is 0 Å². The van der Waals surface area contributed by atoms with E-state index in [1.54, 1.807) is 11.8 Å². The van der Waals surface area contributed by atoms with Gasteiger partial charge in [0.1, 0.15) is 6.10 Å². The average Bonchev–Trinajstić information content (AvgIpc) is 3.05. The first kappa shape index (κ1) is 21.1. The fourth-order valence-corrected chi connectivity index (χ4v) is 5.86. The van der Waals surface area contributed by atoms with E-state index in [1.165, 1.54) is 9.80 Å². The third-order valence-electron chi connectivity index (χ3n) is 6.63. The quantitative estimate of drug-likeness (QED) is 0.432. The predicted molar refractivity (Wildman–Crippen MR) is 122 cm³/mol. The molecule has 0 unspecified atom stereocenters. The minimum atomic E-state index is -0.427. The van der Waals surface area contributed by atoms with Crippen LogP contribution < -0.4 is 5.32 Å². The molecule has 32 heavy (non-hydrogen) atoms. The first-order valence-corrected chi connectivity index (χ1v) is 12.1. The lowest BCUT2D eigenvalue weighted by molar-refractivity contribution is -0.149. The van der Waals surface area contributed by atoms with Gasteiger partial charge in [0.05, 0.1) is 29.6 Å². The summed E-state index contributed by atoms with van der Waals surface area (Å²) in [5, 5.41) is 3.44. The smallest absolute Gasteiger partial charge is 0.308 e. The van der Waals surface area contributed by atoms with Gasteiger partial charge in [0.15, 0.2) is 0 Å². The molecule has 6 nitrogen and oxygen atoms in total. The number of nitrogens with one attached hydrogen (secondary N) is 1. The highest BCUT2D eigenvalue weighted by Gasteiger charge is 2.47. The molecule has 2 aromatic carbocycles. The summed E-state index contributed by atoms with van der Waals surface area (Å²) in [6, 6.07) is 14.2. The van der Waals surface area contributed by atoms with Gasteiger partial charge in [-0.05, 0) is 49.6 Å². The fraction of sp³-hybridized carbons (Fsp3) is 0.400. The van der Waals surface area contributed by atoms with E-state index >= 15 is 0 Å². The van der Waals surface area contributed by atoms with Crippen molar-refractivity contribution >= 4 is 40.9 Å². The zero-order valence-corrected chi connectivity index (χ0v) is 18.8. The topological polar surface area (TPSA) is 75.7 Å². The number of amides is 2. The van der Waals surface area contributed by atoms with E-state index in [1.807, 2.05) is 43.3 Å². The van der Waals surface area contributed by atoms with E-state index in [-0.39, 0.29) is 36.6 Å². The lowest BCUT2D eigenvalue weighted by Crippen LogP contribution is -2.33. The molecule has 3 atom stereocenters. The van der Waals surface area contributed by atoms with Crippen molar-refractivity contribution in [3.8, 4) is 0 Å². The number of esters is 1. The van der Waals surface area contributed by atoms with Crippen molar-refractivity contribution < 1.29 is 19.1 Å². The van der Waals surface area contributed by atoms with Crippen molar-refractivity contribution in [2.24, 2.45) is 11.8 Å². The van der Waals surface area contributed by atoms with Gasteiger partial charge in [-0.2, -0.15) is 0 Å². The SMILES string of the molecule is C[C@H](OC(=O)CCN1C(=O)[C@H]2CCCC[C@H]2C1=O)c1ccc2c(c1)Nc1ccccc1S2. The molecular formula is C25H26N2O4S. The van der Waals surface area contributed by atoms with E-state index in [0.29, 0.717) is 0 Å². The summed E-state index contributed by atoms with van der Waals surface area (Å²) < 4.78 is 5.62. The van der Waals surface area contributed by atoms with E-state index < -0.39 is 12.1 Å². The molecule has 1 aliphatic carbocycles. The predicted octanol–water partition coefficient (Wildman–Crippen LogP) is 5.06. The van der Waals surface area contributed by atoms with Crippen LogP contribution in [0.5, 0.6) is 0 Å². The van der Waals surface area contributed by atoms with Gasteiger partial charge in [-0.15, -0.1) is 0 Å². The zero-order valence-electron chi connectivity index (χ0n) is 18.0. The highest BCUT2D eigenvalue weighted by Crippen LogP contribution is 2.44. The van der Waals surface area contributed by atoms with Crippen molar-refractivity contribution in [3.63, 3.8) is 0 Å². The number of rotatable bonds is 5. The monoisotopic (exact) mass is 450 g/mol. The Morgan fingerprint density at radius 2 is 1.75 bits per heavy atom. The van der Waals surface area contributed by atoms with Crippen LogP contribution in [0.2, 0.25) is 0 Å². The number of imide groups is 1. The second kappa shape index (κ2) is 8.62. The Bertz CT molecular complexity index is 1060. The van der Waals surface area contributed by atoms with E-state index in [9.17, 15) is 14.4 Å². The number of hydrogen-bond donors (Lipinski definition) is 1. The maximum atomic E-state index is 12.6. The highest BCUT2D eigenvalue weighted by atomic mass is 32.2. The third-order valence-corrected chi connectivity index (χ3v) is 7.78. The Balaban J connectivity index is 1.19. The summed E-state index contributed by atoms with van der Waals surface area (Å²) in [5.41, 5.74) is 2.95. The Morgan fingerprint density at radius 1 is 1.06 bits per heavy atom. The van der Waals surface area contributed by atoms with Gasteiger partial charge >= 0.3 is 5.97 Å². The van der Waals surface area contributed by atoms with Gasteiger partial charge in [-0.3, -0.25) is 19.3 Å². The summed E-state index contributed by atoms with van der Waals surface area (Å²) >= 11 is 1.71. The Hall–Kier alpha value is -2.80. The molecule has 2 amide bonds. The van der Waals surface area contributed by atoms with Gasteiger partial charge < -0.3 is 10.1 Å². The van der Waals surface area contributed by atoms with Crippen LogP contribution in [0.1, 0.15) is 50.7 Å². The lowest BCUT2D eigenvalue weighted by atomic mass is 9.81. The van der Waals surface area contributed by atoms with Crippen LogP contribution in [-0.2, 0) is 19.1 Å². The zero-order chi connectivity index (χ0) is 22.2. The maximum absolute atomic E-state index is 12.6. The summed E-state index contributed by atoms with van der Waals surface area (Å²) in [6.45, 7) is 1.94. The minimum absolute atomic E-state index is 0.0215. The largest absolute Gasteiger partial charge is 0.458 e. The number of likely N-dealkylation sites (tertiary alicyclic amines) is 1. The number of hydrogen-bond acceptors (Lipinski definition) is 6. The molecule has 0 bridgehead atoms. The molecule has 2 heterocycles. The summed E-state index contributed by atoms with van der Waals surface area (Å²) in [7, 11) is 0. The number of anilines is 2. The lowest BCUT2D eigenvalue weighted by Gasteiger charge is -2.22. The van der Waals surface area contributed by atoms with Crippen LogP contribution in [-0.4, -0.2) is 29.2 Å².